The predicted octanol–water partition coefficient (Wildman–Crippen LogP) is 4.15. The van der Waals surface area contributed by atoms with Gasteiger partial charge >= 0.3 is 0 Å². The van der Waals surface area contributed by atoms with Crippen molar-refractivity contribution in [3.05, 3.63) is 70.5 Å². The highest BCUT2D eigenvalue weighted by Gasteiger charge is 2.13. The van der Waals surface area contributed by atoms with Crippen molar-refractivity contribution in [2.24, 2.45) is 0 Å². The fourth-order valence-corrected chi connectivity index (χ4v) is 1.85. The molecule has 1 unspecified atom stereocenters. The van der Waals surface area contributed by atoms with Crippen LogP contribution in [-0.2, 0) is 0 Å². The Labute approximate surface area is 109 Å². The summed E-state index contributed by atoms with van der Waals surface area (Å²) in [6, 6.07) is 9.76. The summed E-state index contributed by atoms with van der Waals surface area (Å²) >= 11 is 0. The number of halogens is 3. The molecule has 4 heteroatoms. The van der Waals surface area contributed by atoms with E-state index in [1.165, 1.54) is 36.4 Å². The number of aliphatic hydroxyl groups excluding tert-OH is 1. The standard InChI is InChI=1S/C15H13F3O/c1-9-8-12(6-7-13(9)16)14(19)10-2-4-11(5-3-10)15(17)18/h2-8,14-15,19H,1H3. The van der Waals surface area contributed by atoms with Crippen LogP contribution >= 0.6 is 0 Å². The molecule has 19 heavy (non-hydrogen) atoms. The van der Waals surface area contributed by atoms with Crippen LogP contribution < -0.4 is 0 Å². The summed E-state index contributed by atoms with van der Waals surface area (Å²) in [6.07, 6.45) is -3.48. The molecular formula is C15H13F3O. The van der Waals surface area contributed by atoms with Gasteiger partial charge in [0.05, 0.1) is 0 Å². The van der Waals surface area contributed by atoms with Gasteiger partial charge in [-0.25, -0.2) is 13.2 Å². The van der Waals surface area contributed by atoms with Gasteiger partial charge in [0.1, 0.15) is 11.9 Å². The molecule has 100 valence electrons. The average Bonchev–Trinajstić information content (AvgIpc) is 2.41. The van der Waals surface area contributed by atoms with Crippen LogP contribution in [0.1, 0.15) is 34.8 Å². The van der Waals surface area contributed by atoms with Gasteiger partial charge in [0.15, 0.2) is 0 Å². The highest BCUT2D eigenvalue weighted by atomic mass is 19.3. The number of rotatable bonds is 3. The maximum atomic E-state index is 13.1. The maximum absolute atomic E-state index is 13.1. The number of aryl methyl sites for hydroxylation is 1. The second-order valence-electron chi connectivity index (χ2n) is 4.38. The van der Waals surface area contributed by atoms with Gasteiger partial charge in [0.2, 0.25) is 0 Å². The molecular weight excluding hydrogens is 253 g/mol. The first kappa shape index (κ1) is 13.6. The highest BCUT2D eigenvalue weighted by Crippen LogP contribution is 2.26. The lowest BCUT2D eigenvalue weighted by molar-refractivity contribution is 0.151. The van der Waals surface area contributed by atoms with E-state index in [-0.39, 0.29) is 11.4 Å². The molecule has 0 spiro atoms. The first-order valence-corrected chi connectivity index (χ1v) is 5.81. The van der Waals surface area contributed by atoms with Gasteiger partial charge in [-0.2, -0.15) is 0 Å². The number of aliphatic hydroxyl groups is 1. The number of hydrogen-bond donors (Lipinski definition) is 1. The summed E-state index contributed by atoms with van der Waals surface area (Å²) in [6.45, 7) is 1.60. The van der Waals surface area contributed by atoms with Crippen molar-refractivity contribution < 1.29 is 18.3 Å². The van der Waals surface area contributed by atoms with Crippen molar-refractivity contribution in [3.8, 4) is 0 Å². The molecule has 0 fully saturated rings. The van der Waals surface area contributed by atoms with Crippen LogP contribution in [0.15, 0.2) is 42.5 Å². The van der Waals surface area contributed by atoms with Gasteiger partial charge in [-0.1, -0.05) is 36.4 Å². The molecule has 0 saturated heterocycles. The van der Waals surface area contributed by atoms with E-state index in [1.54, 1.807) is 13.0 Å². The molecule has 0 amide bonds. The first-order valence-electron chi connectivity index (χ1n) is 5.81. The van der Waals surface area contributed by atoms with Crippen LogP contribution in [0, 0.1) is 12.7 Å². The SMILES string of the molecule is Cc1cc(C(O)c2ccc(C(F)F)cc2)ccc1F. The van der Waals surface area contributed by atoms with Gasteiger partial charge < -0.3 is 5.11 Å². The number of alkyl halides is 2. The zero-order valence-corrected chi connectivity index (χ0v) is 10.3. The molecule has 0 bridgehead atoms. The number of benzene rings is 2. The van der Waals surface area contributed by atoms with Gasteiger partial charge in [0.25, 0.3) is 6.43 Å². The Hall–Kier alpha value is -1.81. The molecule has 0 aliphatic carbocycles. The van der Waals surface area contributed by atoms with Crippen molar-refractivity contribution in [2.75, 3.05) is 0 Å². The van der Waals surface area contributed by atoms with E-state index in [0.717, 1.165) is 0 Å². The zero-order chi connectivity index (χ0) is 14.0. The Balaban J connectivity index is 2.27. The normalized spacial score (nSPS) is 12.7. The van der Waals surface area contributed by atoms with Crippen LogP contribution in [0.5, 0.6) is 0 Å². The lowest BCUT2D eigenvalue weighted by Gasteiger charge is -2.13. The molecule has 0 aliphatic heterocycles. The zero-order valence-electron chi connectivity index (χ0n) is 10.3. The van der Waals surface area contributed by atoms with Crippen molar-refractivity contribution in [3.63, 3.8) is 0 Å². The molecule has 0 aromatic heterocycles. The highest BCUT2D eigenvalue weighted by molar-refractivity contribution is 5.34. The molecule has 0 saturated carbocycles. The van der Waals surface area contributed by atoms with Crippen LogP contribution in [-0.4, -0.2) is 5.11 Å². The van der Waals surface area contributed by atoms with E-state index in [1.807, 2.05) is 0 Å². The largest absolute Gasteiger partial charge is 0.384 e. The molecule has 0 aliphatic rings. The van der Waals surface area contributed by atoms with E-state index >= 15 is 0 Å². The van der Waals surface area contributed by atoms with Gasteiger partial charge in [-0.15, -0.1) is 0 Å². The van der Waals surface area contributed by atoms with E-state index < -0.39 is 12.5 Å². The molecule has 1 nitrogen and oxygen atoms in total. The first-order chi connectivity index (χ1) is 8.99. The minimum absolute atomic E-state index is 0.0914. The number of hydrogen-bond acceptors (Lipinski definition) is 1. The maximum Gasteiger partial charge on any atom is 0.263 e. The third-order valence-electron chi connectivity index (χ3n) is 3.00. The predicted molar refractivity (Wildman–Crippen MR) is 66.6 cm³/mol. The summed E-state index contributed by atoms with van der Waals surface area (Å²) in [4.78, 5) is 0. The van der Waals surface area contributed by atoms with Crippen molar-refractivity contribution in [2.45, 2.75) is 19.5 Å². The van der Waals surface area contributed by atoms with Crippen LogP contribution in [0.3, 0.4) is 0 Å². The fourth-order valence-electron chi connectivity index (χ4n) is 1.85. The quantitative estimate of drug-likeness (QED) is 0.884. The van der Waals surface area contributed by atoms with E-state index in [9.17, 15) is 18.3 Å². The smallest absolute Gasteiger partial charge is 0.263 e. The third kappa shape index (κ3) is 2.96. The van der Waals surface area contributed by atoms with E-state index in [2.05, 4.69) is 0 Å². The Morgan fingerprint density at radius 3 is 1.95 bits per heavy atom. The summed E-state index contributed by atoms with van der Waals surface area (Å²) in [5, 5.41) is 10.1. The summed E-state index contributed by atoms with van der Waals surface area (Å²) in [5.74, 6) is -0.344. The van der Waals surface area contributed by atoms with Crippen LogP contribution in [0.25, 0.3) is 0 Å². The molecule has 2 aromatic rings. The minimum atomic E-state index is -2.53. The van der Waals surface area contributed by atoms with Gasteiger partial charge in [-0.05, 0) is 29.7 Å². The second-order valence-corrected chi connectivity index (χ2v) is 4.38. The van der Waals surface area contributed by atoms with Gasteiger partial charge in [0, 0.05) is 5.56 Å². The summed E-state index contributed by atoms with van der Waals surface area (Å²) < 4.78 is 38.0. The average molecular weight is 266 g/mol. The molecule has 1 N–H and O–H groups in total. The minimum Gasteiger partial charge on any atom is -0.384 e. The van der Waals surface area contributed by atoms with Crippen molar-refractivity contribution >= 4 is 0 Å². The monoisotopic (exact) mass is 266 g/mol. The topological polar surface area (TPSA) is 20.2 Å². The lowest BCUT2D eigenvalue weighted by Crippen LogP contribution is -2.01. The third-order valence-corrected chi connectivity index (χ3v) is 3.00. The summed E-state index contributed by atoms with van der Waals surface area (Å²) in [5.41, 5.74) is 1.37. The molecule has 0 heterocycles. The van der Waals surface area contributed by atoms with Crippen LogP contribution in [0.2, 0.25) is 0 Å². The van der Waals surface area contributed by atoms with E-state index in [0.29, 0.717) is 16.7 Å². The van der Waals surface area contributed by atoms with Gasteiger partial charge in [-0.3, -0.25) is 0 Å². The second kappa shape index (κ2) is 5.45. The summed E-state index contributed by atoms with van der Waals surface area (Å²) in [7, 11) is 0. The molecule has 1 atom stereocenters. The lowest BCUT2D eigenvalue weighted by atomic mass is 9.99. The Morgan fingerprint density at radius 1 is 0.895 bits per heavy atom. The fraction of sp³-hybridized carbons (Fsp3) is 0.200. The molecule has 2 aromatic carbocycles. The molecule has 2 rings (SSSR count). The van der Waals surface area contributed by atoms with Crippen LogP contribution in [0.4, 0.5) is 13.2 Å². The Morgan fingerprint density at radius 2 is 1.42 bits per heavy atom. The van der Waals surface area contributed by atoms with Crippen molar-refractivity contribution in [1.29, 1.82) is 0 Å². The van der Waals surface area contributed by atoms with Crippen molar-refractivity contribution in [1.82, 2.24) is 0 Å². The Kier molecular flexibility index (Phi) is 3.90. The molecule has 0 radical (unpaired) electrons. The Bertz CT molecular complexity index is 564. The van der Waals surface area contributed by atoms with E-state index in [4.69, 9.17) is 0 Å².